The molecule has 0 unspecified atom stereocenters. The number of hydrogen-bond acceptors (Lipinski definition) is 6. The second kappa shape index (κ2) is 5.74. The van der Waals surface area contributed by atoms with Gasteiger partial charge in [-0.3, -0.25) is 10.1 Å². The van der Waals surface area contributed by atoms with E-state index in [1.54, 1.807) is 13.2 Å². The van der Waals surface area contributed by atoms with Crippen LogP contribution in [0.15, 0.2) is 30.6 Å². The van der Waals surface area contributed by atoms with Crippen molar-refractivity contribution in [3.8, 4) is 0 Å². The first-order valence-corrected chi connectivity index (χ1v) is 6.78. The smallest absolute Gasteiger partial charge is 0.226 e. The monoisotopic (exact) mass is 283 g/mol. The van der Waals surface area contributed by atoms with Crippen LogP contribution in [0.25, 0.3) is 11.0 Å². The van der Waals surface area contributed by atoms with Crippen LogP contribution in [0.4, 0.5) is 11.8 Å². The summed E-state index contributed by atoms with van der Waals surface area (Å²) >= 11 is 0. The lowest BCUT2D eigenvalue weighted by Crippen LogP contribution is -2.22. The maximum atomic E-state index is 4.53. The number of anilines is 2. The van der Waals surface area contributed by atoms with E-state index in [2.05, 4.69) is 35.4 Å². The molecule has 0 saturated heterocycles. The zero-order valence-corrected chi connectivity index (χ0v) is 12.0. The third kappa shape index (κ3) is 2.76. The zero-order valence-electron chi connectivity index (χ0n) is 12.0. The Kier molecular flexibility index (Phi) is 3.63. The number of pyridine rings is 1. The molecular formula is C14H17N7. The summed E-state index contributed by atoms with van der Waals surface area (Å²) in [6.45, 7) is 0.817. The summed E-state index contributed by atoms with van der Waals surface area (Å²) in [4.78, 5) is 15.3. The van der Waals surface area contributed by atoms with Gasteiger partial charge in [0.2, 0.25) is 5.95 Å². The van der Waals surface area contributed by atoms with Crippen molar-refractivity contribution in [2.45, 2.75) is 6.42 Å². The second-order valence-electron chi connectivity index (χ2n) is 4.75. The highest BCUT2D eigenvalue weighted by molar-refractivity contribution is 5.87. The molecule has 2 N–H and O–H groups in total. The number of H-pyrrole nitrogens is 1. The number of nitrogens with one attached hydrogen (secondary N) is 2. The minimum Gasteiger partial charge on any atom is -0.359 e. The molecule has 0 aliphatic rings. The van der Waals surface area contributed by atoms with E-state index < -0.39 is 0 Å². The standard InChI is InChI=1S/C14H17N7/c1-15-14-18-12-11(9-17-20-12)13(19-14)21(2)8-6-10-5-3-4-7-16-10/h3-5,7,9H,6,8H2,1-2H3,(H2,15,17,18,19,20). The van der Waals surface area contributed by atoms with Gasteiger partial charge in [0.15, 0.2) is 5.65 Å². The normalized spacial score (nSPS) is 10.8. The van der Waals surface area contributed by atoms with E-state index in [1.165, 1.54) is 0 Å². The molecule has 3 aromatic heterocycles. The van der Waals surface area contributed by atoms with Gasteiger partial charge in [-0.1, -0.05) is 6.07 Å². The van der Waals surface area contributed by atoms with Gasteiger partial charge in [0.25, 0.3) is 0 Å². The summed E-state index contributed by atoms with van der Waals surface area (Å²) in [5.74, 6) is 1.43. The summed E-state index contributed by atoms with van der Waals surface area (Å²) in [7, 11) is 3.81. The Hall–Kier alpha value is -2.70. The fraction of sp³-hybridized carbons (Fsp3) is 0.286. The Morgan fingerprint density at radius 2 is 2.19 bits per heavy atom. The second-order valence-corrected chi connectivity index (χ2v) is 4.75. The van der Waals surface area contributed by atoms with Crippen LogP contribution in [0.3, 0.4) is 0 Å². The van der Waals surface area contributed by atoms with Gasteiger partial charge in [-0.25, -0.2) is 0 Å². The molecule has 0 aliphatic carbocycles. The molecule has 21 heavy (non-hydrogen) atoms. The van der Waals surface area contributed by atoms with Gasteiger partial charge < -0.3 is 10.2 Å². The molecular weight excluding hydrogens is 266 g/mol. The van der Waals surface area contributed by atoms with Crippen LogP contribution < -0.4 is 10.2 Å². The molecule has 0 aliphatic heterocycles. The Labute approximate surface area is 122 Å². The number of hydrogen-bond donors (Lipinski definition) is 2. The molecule has 0 saturated carbocycles. The van der Waals surface area contributed by atoms with Crippen molar-refractivity contribution < 1.29 is 0 Å². The zero-order chi connectivity index (χ0) is 14.7. The highest BCUT2D eigenvalue weighted by atomic mass is 15.2. The van der Waals surface area contributed by atoms with E-state index in [4.69, 9.17) is 0 Å². The lowest BCUT2D eigenvalue weighted by Gasteiger charge is -2.19. The lowest BCUT2D eigenvalue weighted by atomic mass is 10.2. The summed E-state index contributed by atoms with van der Waals surface area (Å²) in [6, 6.07) is 5.95. The van der Waals surface area contributed by atoms with Gasteiger partial charge in [0.1, 0.15) is 5.82 Å². The Morgan fingerprint density at radius 3 is 2.95 bits per heavy atom. The fourth-order valence-electron chi connectivity index (χ4n) is 2.16. The fourth-order valence-corrected chi connectivity index (χ4v) is 2.16. The predicted molar refractivity (Wildman–Crippen MR) is 82.4 cm³/mol. The van der Waals surface area contributed by atoms with Crippen LogP contribution in [-0.2, 0) is 6.42 Å². The first-order chi connectivity index (χ1) is 10.3. The SMILES string of the molecule is CNc1nc(N(C)CCc2ccccn2)c2cn[nH]c2n1. The van der Waals surface area contributed by atoms with Gasteiger partial charge in [-0.15, -0.1) is 0 Å². The molecule has 0 radical (unpaired) electrons. The van der Waals surface area contributed by atoms with Gasteiger partial charge in [-0.2, -0.15) is 15.1 Å². The molecule has 3 heterocycles. The number of aromatic amines is 1. The predicted octanol–water partition coefficient (Wildman–Crippen LogP) is 1.47. The summed E-state index contributed by atoms with van der Waals surface area (Å²) < 4.78 is 0. The molecule has 0 bridgehead atoms. The van der Waals surface area contributed by atoms with E-state index in [1.807, 2.05) is 31.4 Å². The number of rotatable bonds is 5. The van der Waals surface area contributed by atoms with Gasteiger partial charge in [-0.05, 0) is 12.1 Å². The highest BCUT2D eigenvalue weighted by Gasteiger charge is 2.12. The van der Waals surface area contributed by atoms with Crippen molar-refractivity contribution in [3.63, 3.8) is 0 Å². The summed E-state index contributed by atoms with van der Waals surface area (Å²) in [6.07, 6.45) is 4.42. The van der Waals surface area contributed by atoms with E-state index in [9.17, 15) is 0 Å². The molecule has 7 heteroatoms. The van der Waals surface area contributed by atoms with Crippen molar-refractivity contribution in [1.82, 2.24) is 25.1 Å². The van der Waals surface area contributed by atoms with Crippen molar-refractivity contribution >= 4 is 22.8 Å². The number of nitrogens with zero attached hydrogens (tertiary/aromatic N) is 5. The minimum absolute atomic E-state index is 0.575. The maximum Gasteiger partial charge on any atom is 0.226 e. The molecule has 0 fully saturated rings. The van der Waals surface area contributed by atoms with Crippen LogP contribution in [0.2, 0.25) is 0 Å². The third-order valence-corrected chi connectivity index (χ3v) is 3.30. The Balaban J connectivity index is 1.83. The number of aromatic nitrogens is 5. The highest BCUT2D eigenvalue weighted by Crippen LogP contribution is 2.22. The van der Waals surface area contributed by atoms with E-state index in [-0.39, 0.29) is 0 Å². The summed E-state index contributed by atoms with van der Waals surface area (Å²) in [5, 5.41) is 10.8. The van der Waals surface area contributed by atoms with Crippen LogP contribution in [0, 0.1) is 0 Å². The lowest BCUT2D eigenvalue weighted by molar-refractivity contribution is 0.841. The van der Waals surface area contributed by atoms with Crippen molar-refractivity contribution in [1.29, 1.82) is 0 Å². The van der Waals surface area contributed by atoms with Gasteiger partial charge in [0, 0.05) is 39.0 Å². The van der Waals surface area contributed by atoms with Crippen molar-refractivity contribution in [2.75, 3.05) is 30.9 Å². The molecule has 7 nitrogen and oxygen atoms in total. The number of fused-ring (bicyclic) bond motifs is 1. The minimum atomic E-state index is 0.575. The van der Waals surface area contributed by atoms with Crippen molar-refractivity contribution in [2.24, 2.45) is 0 Å². The van der Waals surface area contributed by atoms with Crippen molar-refractivity contribution in [3.05, 3.63) is 36.3 Å². The largest absolute Gasteiger partial charge is 0.359 e. The number of likely N-dealkylation sites (N-methyl/N-ethyl adjacent to an activating group) is 1. The Bertz CT molecular complexity index is 723. The van der Waals surface area contributed by atoms with Crippen LogP contribution in [-0.4, -0.2) is 45.8 Å². The Morgan fingerprint density at radius 1 is 1.29 bits per heavy atom. The van der Waals surface area contributed by atoms with Gasteiger partial charge >= 0.3 is 0 Å². The molecule has 3 aromatic rings. The molecule has 108 valence electrons. The first-order valence-electron chi connectivity index (χ1n) is 6.78. The van der Waals surface area contributed by atoms with E-state index in [0.717, 1.165) is 35.5 Å². The molecule has 0 aromatic carbocycles. The third-order valence-electron chi connectivity index (χ3n) is 3.30. The van der Waals surface area contributed by atoms with Crippen LogP contribution >= 0.6 is 0 Å². The molecule has 0 spiro atoms. The molecule has 0 atom stereocenters. The van der Waals surface area contributed by atoms with Crippen LogP contribution in [0.5, 0.6) is 0 Å². The van der Waals surface area contributed by atoms with E-state index >= 15 is 0 Å². The quantitative estimate of drug-likeness (QED) is 0.738. The van der Waals surface area contributed by atoms with E-state index in [0.29, 0.717) is 5.95 Å². The van der Waals surface area contributed by atoms with Gasteiger partial charge in [0.05, 0.1) is 11.6 Å². The molecule has 0 amide bonds. The maximum absolute atomic E-state index is 4.53. The van der Waals surface area contributed by atoms with Crippen LogP contribution in [0.1, 0.15) is 5.69 Å². The first kappa shape index (κ1) is 13.3. The molecule has 3 rings (SSSR count). The summed E-state index contributed by atoms with van der Waals surface area (Å²) in [5.41, 5.74) is 1.80. The topological polar surface area (TPSA) is 82.6 Å². The average Bonchev–Trinajstić information content (AvgIpc) is 3.01. The average molecular weight is 283 g/mol.